The number of benzene rings is 2. The predicted molar refractivity (Wildman–Crippen MR) is 147 cm³/mol. The number of hydrogen-bond donors (Lipinski definition) is 2. The van der Waals surface area contributed by atoms with E-state index in [4.69, 9.17) is 9.47 Å². The molecule has 1 saturated heterocycles. The number of methoxy groups -OCH3 is 2. The fourth-order valence-corrected chi connectivity index (χ4v) is 5.41. The van der Waals surface area contributed by atoms with Crippen LogP contribution in [0.4, 0.5) is 0 Å². The van der Waals surface area contributed by atoms with Crippen molar-refractivity contribution in [2.45, 2.75) is 45.3 Å². The number of likely N-dealkylation sites (tertiary alicyclic amines) is 1. The number of nitrogens with zero attached hydrogens (tertiary/aromatic N) is 4. The van der Waals surface area contributed by atoms with Gasteiger partial charge in [0, 0.05) is 36.7 Å². The average Bonchev–Trinajstić information content (AvgIpc) is 3.69. The lowest BCUT2D eigenvalue weighted by molar-refractivity contribution is -0.125. The molecular weight excluding hydrogens is 496 g/mol. The SMILES string of the molecule is COC(=O)c1cn([C@@H]2C[C@@H](C(=O)NCCc3c[nH]c4ccccc34)N(Cc3cc(C)c(OC)cc3C)C2)nn1. The van der Waals surface area contributed by atoms with Gasteiger partial charge in [-0.05, 0) is 61.1 Å². The Hall–Kier alpha value is -4.18. The number of H-pyrrole nitrogens is 1. The zero-order valence-electron chi connectivity index (χ0n) is 22.7. The summed E-state index contributed by atoms with van der Waals surface area (Å²) in [6, 6.07) is 11.9. The minimum absolute atomic E-state index is 0.0199. The Morgan fingerprint density at radius 2 is 1.95 bits per heavy atom. The van der Waals surface area contributed by atoms with Crippen molar-refractivity contribution in [1.82, 2.24) is 30.2 Å². The molecule has 3 heterocycles. The van der Waals surface area contributed by atoms with Crippen molar-refractivity contribution in [3.63, 3.8) is 0 Å². The highest BCUT2D eigenvalue weighted by molar-refractivity contribution is 5.86. The van der Waals surface area contributed by atoms with Crippen molar-refractivity contribution < 1.29 is 19.1 Å². The predicted octanol–water partition coefficient (Wildman–Crippen LogP) is 3.35. The third-order valence-corrected chi connectivity index (χ3v) is 7.56. The molecule has 39 heavy (non-hydrogen) atoms. The van der Waals surface area contributed by atoms with Gasteiger partial charge in [-0.1, -0.05) is 29.5 Å². The maximum atomic E-state index is 13.5. The third-order valence-electron chi connectivity index (χ3n) is 7.56. The molecular formula is C29H34N6O4. The first-order valence-corrected chi connectivity index (χ1v) is 13.1. The molecule has 0 radical (unpaired) electrons. The van der Waals surface area contributed by atoms with Crippen LogP contribution in [0.15, 0.2) is 48.8 Å². The van der Waals surface area contributed by atoms with E-state index in [9.17, 15) is 9.59 Å². The first-order valence-electron chi connectivity index (χ1n) is 13.1. The molecule has 0 saturated carbocycles. The van der Waals surface area contributed by atoms with E-state index in [2.05, 4.69) is 44.6 Å². The van der Waals surface area contributed by atoms with Crippen LogP contribution >= 0.6 is 0 Å². The maximum Gasteiger partial charge on any atom is 0.360 e. The third kappa shape index (κ3) is 5.51. The van der Waals surface area contributed by atoms with Crippen LogP contribution in [-0.4, -0.2) is 70.1 Å². The van der Waals surface area contributed by atoms with E-state index >= 15 is 0 Å². The average molecular weight is 531 g/mol. The molecule has 0 unspecified atom stereocenters. The number of nitrogens with one attached hydrogen (secondary N) is 2. The van der Waals surface area contributed by atoms with Gasteiger partial charge in [0.15, 0.2) is 5.69 Å². The Morgan fingerprint density at radius 3 is 2.74 bits per heavy atom. The standard InChI is InChI=1S/C29H34N6O4/c1-18-12-27(38-3)19(2)11-21(18)15-34-16-22(35-17-25(32-33-35)29(37)39-4)13-26(34)28(36)30-10-9-20-14-31-24-8-6-5-7-23(20)24/h5-8,11-12,14,17,22,26,31H,9-10,13,15-16H2,1-4H3,(H,30,36)/t22-,26+/m1/s1. The van der Waals surface area contributed by atoms with Crippen LogP contribution in [0.3, 0.4) is 0 Å². The van der Waals surface area contributed by atoms with E-state index in [1.165, 1.54) is 18.1 Å². The van der Waals surface area contributed by atoms with E-state index in [0.29, 0.717) is 26.1 Å². The Morgan fingerprint density at radius 1 is 1.13 bits per heavy atom. The summed E-state index contributed by atoms with van der Waals surface area (Å²) < 4.78 is 11.9. The van der Waals surface area contributed by atoms with Crippen LogP contribution in [0.2, 0.25) is 0 Å². The lowest BCUT2D eigenvalue weighted by Gasteiger charge is -2.25. The van der Waals surface area contributed by atoms with Gasteiger partial charge in [0.1, 0.15) is 5.75 Å². The van der Waals surface area contributed by atoms with Gasteiger partial charge < -0.3 is 19.8 Å². The van der Waals surface area contributed by atoms with Crippen LogP contribution < -0.4 is 10.1 Å². The second-order valence-corrected chi connectivity index (χ2v) is 10.1. The smallest absolute Gasteiger partial charge is 0.360 e. The number of para-hydroxylation sites is 1. The summed E-state index contributed by atoms with van der Waals surface area (Å²) in [5, 5.41) is 12.5. The first kappa shape index (κ1) is 26.4. The summed E-state index contributed by atoms with van der Waals surface area (Å²) in [6.45, 7) is 5.81. The van der Waals surface area contributed by atoms with Crippen LogP contribution in [0.25, 0.3) is 10.9 Å². The van der Waals surface area contributed by atoms with Crippen molar-refractivity contribution in [3.8, 4) is 5.75 Å². The minimum Gasteiger partial charge on any atom is -0.496 e. The molecule has 2 N–H and O–H groups in total. The van der Waals surface area contributed by atoms with Crippen LogP contribution in [0, 0.1) is 13.8 Å². The normalized spacial score (nSPS) is 17.4. The number of esters is 1. The quantitative estimate of drug-likeness (QED) is 0.319. The zero-order valence-corrected chi connectivity index (χ0v) is 22.7. The van der Waals surface area contributed by atoms with Crippen molar-refractivity contribution >= 4 is 22.8 Å². The number of aromatic nitrogens is 4. The van der Waals surface area contributed by atoms with E-state index in [1.807, 2.05) is 37.4 Å². The van der Waals surface area contributed by atoms with Crippen molar-refractivity contribution in [2.75, 3.05) is 27.3 Å². The Labute approximate surface area is 227 Å². The summed E-state index contributed by atoms with van der Waals surface area (Å²) in [6.07, 6.45) is 4.88. The van der Waals surface area contributed by atoms with Gasteiger partial charge in [-0.3, -0.25) is 9.69 Å². The molecule has 0 spiro atoms. The highest BCUT2D eigenvalue weighted by Gasteiger charge is 2.38. The molecule has 1 aliphatic rings. The Kier molecular flexibility index (Phi) is 7.65. The van der Waals surface area contributed by atoms with Gasteiger partial charge in [0.25, 0.3) is 0 Å². The topological polar surface area (TPSA) is 114 Å². The molecule has 0 aliphatic carbocycles. The fourth-order valence-electron chi connectivity index (χ4n) is 5.41. The number of aromatic amines is 1. The number of rotatable bonds is 9. The van der Waals surface area contributed by atoms with Gasteiger partial charge >= 0.3 is 5.97 Å². The van der Waals surface area contributed by atoms with E-state index < -0.39 is 5.97 Å². The molecule has 1 amide bonds. The first-order chi connectivity index (χ1) is 18.9. The molecule has 2 aromatic carbocycles. The molecule has 0 bridgehead atoms. The molecule has 2 aromatic heterocycles. The van der Waals surface area contributed by atoms with Gasteiger partial charge in [-0.15, -0.1) is 5.10 Å². The monoisotopic (exact) mass is 530 g/mol. The fraction of sp³-hybridized carbons (Fsp3) is 0.379. The van der Waals surface area contributed by atoms with Crippen molar-refractivity contribution in [1.29, 1.82) is 0 Å². The molecule has 1 aliphatic heterocycles. The Balaban J connectivity index is 1.32. The summed E-state index contributed by atoms with van der Waals surface area (Å²) in [5.41, 5.74) is 5.71. The van der Waals surface area contributed by atoms with Gasteiger partial charge in [0.2, 0.25) is 5.91 Å². The molecule has 1 fully saturated rings. The number of fused-ring (bicyclic) bond motifs is 1. The van der Waals surface area contributed by atoms with Gasteiger partial charge in [-0.25, -0.2) is 9.48 Å². The van der Waals surface area contributed by atoms with Crippen LogP contribution in [-0.2, 0) is 22.5 Å². The number of amides is 1. The second kappa shape index (κ2) is 11.3. The van der Waals surface area contributed by atoms with Crippen LogP contribution in [0.5, 0.6) is 5.75 Å². The lowest BCUT2D eigenvalue weighted by atomic mass is 10.0. The number of carbonyl (C=O) groups is 2. The second-order valence-electron chi connectivity index (χ2n) is 10.1. The van der Waals surface area contributed by atoms with Crippen molar-refractivity contribution in [2.24, 2.45) is 0 Å². The highest BCUT2D eigenvalue weighted by atomic mass is 16.5. The van der Waals surface area contributed by atoms with Crippen molar-refractivity contribution in [3.05, 3.63) is 76.7 Å². The summed E-state index contributed by atoms with van der Waals surface area (Å²) in [4.78, 5) is 30.9. The maximum absolute atomic E-state index is 13.5. The highest BCUT2D eigenvalue weighted by Crippen LogP contribution is 2.31. The van der Waals surface area contributed by atoms with E-state index in [0.717, 1.165) is 34.4 Å². The molecule has 10 heteroatoms. The molecule has 5 rings (SSSR count). The Bertz CT molecular complexity index is 1490. The lowest BCUT2D eigenvalue weighted by Crippen LogP contribution is -2.43. The number of aryl methyl sites for hydroxylation is 2. The number of hydrogen-bond acceptors (Lipinski definition) is 7. The number of carbonyl (C=O) groups excluding carboxylic acids is 2. The van der Waals surface area contributed by atoms with E-state index in [-0.39, 0.29) is 23.7 Å². The van der Waals surface area contributed by atoms with Crippen LogP contribution in [0.1, 0.15) is 45.2 Å². The summed E-state index contributed by atoms with van der Waals surface area (Å²) >= 11 is 0. The zero-order chi connectivity index (χ0) is 27.5. The minimum atomic E-state index is -0.535. The molecule has 2 atom stereocenters. The molecule has 4 aromatic rings. The molecule has 204 valence electrons. The largest absolute Gasteiger partial charge is 0.496 e. The number of ether oxygens (including phenoxy) is 2. The summed E-state index contributed by atoms with van der Waals surface area (Å²) in [5.74, 6) is 0.292. The summed E-state index contributed by atoms with van der Waals surface area (Å²) in [7, 11) is 2.98. The van der Waals surface area contributed by atoms with Gasteiger partial charge in [0.05, 0.1) is 32.5 Å². The van der Waals surface area contributed by atoms with E-state index in [1.54, 1.807) is 18.0 Å². The molecule has 10 nitrogen and oxygen atoms in total. The van der Waals surface area contributed by atoms with Gasteiger partial charge in [-0.2, -0.15) is 0 Å².